The van der Waals surface area contributed by atoms with Gasteiger partial charge >= 0.3 is 0 Å². The molecule has 1 rings (SSSR count). The largest absolute Gasteiger partial charge is 0.300 e. The number of benzene rings is 1. The van der Waals surface area contributed by atoms with Crippen LogP contribution in [0.3, 0.4) is 0 Å². The molecule has 3 heteroatoms. The Morgan fingerprint density at radius 3 is 2.00 bits per heavy atom. The number of halogens is 1. The van der Waals surface area contributed by atoms with Crippen LogP contribution in [0.15, 0.2) is 24.3 Å². The van der Waals surface area contributed by atoms with Crippen molar-refractivity contribution in [1.29, 1.82) is 0 Å². The van der Waals surface area contributed by atoms with Gasteiger partial charge in [-0.05, 0) is 16.5 Å². The topological polar surface area (TPSA) is 35.2 Å². The van der Waals surface area contributed by atoms with Gasteiger partial charge in [0.1, 0.15) is 0 Å². The number of hydrogen-bond acceptors (Lipinski definition) is 2. The van der Waals surface area contributed by atoms with Crippen molar-refractivity contribution in [2.45, 2.75) is 32.8 Å². The molecule has 0 unspecified atom stereocenters. The summed E-state index contributed by atoms with van der Waals surface area (Å²) in [6.07, 6.45) is 0. The summed E-state index contributed by atoms with van der Waals surface area (Å²) in [5.41, 5.74) is 2.64. The second kappa shape index (κ2) is 5.35. The molecule has 0 aliphatic heterocycles. The third-order valence-electron chi connectivity index (χ3n) is 2.07. The molecule has 1 aromatic rings. The molecule has 0 saturated carbocycles. The van der Waals surface area contributed by atoms with Gasteiger partial charge in [0.2, 0.25) is 0 Å². The number of nitrogens with two attached hydrogens (primary N) is 1. The molecule has 2 N–H and O–H groups in total. The van der Waals surface area contributed by atoms with Crippen molar-refractivity contribution >= 4 is 12.4 Å². The van der Waals surface area contributed by atoms with Gasteiger partial charge < -0.3 is 0 Å². The van der Waals surface area contributed by atoms with Crippen LogP contribution < -0.4 is 5.90 Å². The fraction of sp³-hybridized carbons (Fsp3) is 0.455. The van der Waals surface area contributed by atoms with Gasteiger partial charge in [-0.1, -0.05) is 45.0 Å². The lowest BCUT2D eigenvalue weighted by atomic mass is 9.87. The molecule has 0 aliphatic rings. The van der Waals surface area contributed by atoms with Gasteiger partial charge in [0, 0.05) is 0 Å². The van der Waals surface area contributed by atoms with E-state index in [0.717, 1.165) is 5.56 Å². The van der Waals surface area contributed by atoms with Crippen molar-refractivity contribution in [3.05, 3.63) is 35.4 Å². The van der Waals surface area contributed by atoms with E-state index in [1.54, 1.807) is 0 Å². The van der Waals surface area contributed by atoms with Crippen LogP contribution >= 0.6 is 12.4 Å². The highest BCUT2D eigenvalue weighted by atomic mass is 35.5. The highest BCUT2D eigenvalue weighted by Crippen LogP contribution is 2.22. The summed E-state index contributed by atoms with van der Waals surface area (Å²) in [4.78, 5) is 4.55. The molecule has 2 nitrogen and oxygen atoms in total. The first kappa shape index (κ1) is 13.4. The lowest BCUT2D eigenvalue weighted by molar-refractivity contribution is 0.124. The summed E-state index contributed by atoms with van der Waals surface area (Å²) >= 11 is 0. The van der Waals surface area contributed by atoms with Gasteiger partial charge in [-0.25, -0.2) is 5.90 Å². The zero-order valence-electron chi connectivity index (χ0n) is 8.91. The van der Waals surface area contributed by atoms with Gasteiger partial charge in [-0.3, -0.25) is 4.84 Å². The van der Waals surface area contributed by atoms with E-state index in [9.17, 15) is 0 Å². The van der Waals surface area contributed by atoms with E-state index in [1.807, 2.05) is 12.1 Å². The molecule has 1 aromatic carbocycles. The molecule has 0 aromatic heterocycles. The predicted molar refractivity (Wildman–Crippen MR) is 61.4 cm³/mol. The Morgan fingerprint density at radius 1 is 1.14 bits per heavy atom. The summed E-state index contributed by atoms with van der Waals surface area (Å²) in [5.74, 6) is 4.98. The second-order valence-corrected chi connectivity index (χ2v) is 4.26. The Labute approximate surface area is 91.8 Å². The molecule has 0 atom stereocenters. The van der Waals surface area contributed by atoms with Crippen molar-refractivity contribution < 1.29 is 4.84 Å². The van der Waals surface area contributed by atoms with E-state index in [2.05, 4.69) is 37.7 Å². The lowest BCUT2D eigenvalue weighted by Gasteiger charge is -2.18. The summed E-state index contributed by atoms with van der Waals surface area (Å²) in [6, 6.07) is 8.34. The van der Waals surface area contributed by atoms with Crippen molar-refractivity contribution in [2.75, 3.05) is 0 Å². The lowest BCUT2D eigenvalue weighted by Crippen LogP contribution is -2.10. The summed E-state index contributed by atoms with van der Waals surface area (Å²) < 4.78 is 0. The monoisotopic (exact) mass is 215 g/mol. The van der Waals surface area contributed by atoms with Gasteiger partial charge in [0.25, 0.3) is 0 Å². The quantitative estimate of drug-likeness (QED) is 0.771. The highest BCUT2D eigenvalue weighted by molar-refractivity contribution is 5.85. The third-order valence-corrected chi connectivity index (χ3v) is 2.07. The predicted octanol–water partition coefficient (Wildman–Crippen LogP) is 2.80. The Bertz CT molecular complexity index is 264. The van der Waals surface area contributed by atoms with Crippen molar-refractivity contribution in [1.82, 2.24) is 0 Å². The van der Waals surface area contributed by atoms with Gasteiger partial charge in [-0.15, -0.1) is 12.4 Å². The van der Waals surface area contributed by atoms with Crippen molar-refractivity contribution in [2.24, 2.45) is 5.90 Å². The first-order valence-corrected chi connectivity index (χ1v) is 4.45. The summed E-state index contributed by atoms with van der Waals surface area (Å²) in [7, 11) is 0. The fourth-order valence-corrected chi connectivity index (χ4v) is 1.20. The maximum absolute atomic E-state index is 4.98. The van der Waals surface area contributed by atoms with Crippen LogP contribution in [0.5, 0.6) is 0 Å². The van der Waals surface area contributed by atoms with E-state index in [-0.39, 0.29) is 17.8 Å². The van der Waals surface area contributed by atoms with E-state index in [0.29, 0.717) is 6.61 Å². The first-order chi connectivity index (χ1) is 6.04. The second-order valence-electron chi connectivity index (χ2n) is 4.26. The first-order valence-electron chi connectivity index (χ1n) is 4.45. The number of rotatable bonds is 2. The average molecular weight is 216 g/mol. The molecule has 0 bridgehead atoms. The Morgan fingerprint density at radius 2 is 1.64 bits per heavy atom. The van der Waals surface area contributed by atoms with Crippen LogP contribution in [0.2, 0.25) is 0 Å². The van der Waals surface area contributed by atoms with E-state index in [4.69, 9.17) is 5.90 Å². The van der Waals surface area contributed by atoms with Crippen LogP contribution in [-0.4, -0.2) is 0 Å². The van der Waals surface area contributed by atoms with Crippen LogP contribution in [0.25, 0.3) is 0 Å². The zero-order chi connectivity index (χ0) is 9.90. The smallest absolute Gasteiger partial charge is 0.0930 e. The summed E-state index contributed by atoms with van der Waals surface area (Å²) in [6.45, 7) is 7.06. The molecular weight excluding hydrogens is 198 g/mol. The van der Waals surface area contributed by atoms with E-state index < -0.39 is 0 Å². The minimum absolute atomic E-state index is 0. The molecule has 80 valence electrons. The zero-order valence-corrected chi connectivity index (χ0v) is 9.73. The molecule has 0 amide bonds. The maximum Gasteiger partial charge on any atom is 0.0930 e. The normalized spacial score (nSPS) is 10.9. The summed E-state index contributed by atoms with van der Waals surface area (Å²) in [5, 5.41) is 0. The molecule has 0 fully saturated rings. The van der Waals surface area contributed by atoms with Crippen molar-refractivity contribution in [3.63, 3.8) is 0 Å². The Hall–Kier alpha value is -0.570. The van der Waals surface area contributed by atoms with E-state index >= 15 is 0 Å². The minimum Gasteiger partial charge on any atom is -0.300 e. The average Bonchev–Trinajstić information content (AvgIpc) is 2.04. The Balaban J connectivity index is 0.00000169. The van der Waals surface area contributed by atoms with E-state index in [1.165, 1.54) is 5.56 Å². The molecule has 0 heterocycles. The van der Waals surface area contributed by atoms with Gasteiger partial charge in [-0.2, -0.15) is 0 Å². The number of hydrogen-bond donors (Lipinski definition) is 1. The third kappa shape index (κ3) is 3.66. The molecule has 0 aliphatic carbocycles. The maximum atomic E-state index is 4.98. The molecule has 14 heavy (non-hydrogen) atoms. The molecule has 0 saturated heterocycles. The Kier molecular flexibility index (Phi) is 5.13. The molecular formula is C11H18ClNO. The van der Waals surface area contributed by atoms with Gasteiger partial charge in [0.15, 0.2) is 0 Å². The highest BCUT2D eigenvalue weighted by Gasteiger charge is 2.12. The molecule has 0 radical (unpaired) electrons. The van der Waals surface area contributed by atoms with Gasteiger partial charge in [0.05, 0.1) is 6.61 Å². The standard InChI is InChI=1S/C11H17NO.ClH/c1-11(2,3)10-6-4-9(5-7-10)8-13-12;/h4-7H,8,12H2,1-3H3;1H. The van der Waals surface area contributed by atoms with Crippen molar-refractivity contribution in [3.8, 4) is 0 Å². The molecule has 0 spiro atoms. The van der Waals surface area contributed by atoms with Crippen LogP contribution in [0, 0.1) is 0 Å². The van der Waals surface area contributed by atoms with Crippen LogP contribution in [0.1, 0.15) is 31.9 Å². The SMILES string of the molecule is CC(C)(C)c1ccc(CON)cc1.Cl. The van der Waals surface area contributed by atoms with Crippen LogP contribution in [-0.2, 0) is 16.9 Å². The van der Waals surface area contributed by atoms with Crippen LogP contribution in [0.4, 0.5) is 0 Å². The fourth-order valence-electron chi connectivity index (χ4n) is 1.20. The minimum atomic E-state index is 0.